The summed E-state index contributed by atoms with van der Waals surface area (Å²) in [5, 5.41) is 2.83. The molecular formula is C18H25N3O3. The maximum atomic E-state index is 12.4. The molecule has 6 nitrogen and oxygen atoms in total. The van der Waals surface area contributed by atoms with Crippen LogP contribution in [0.2, 0.25) is 0 Å². The highest BCUT2D eigenvalue weighted by Crippen LogP contribution is 2.16. The van der Waals surface area contributed by atoms with Crippen molar-refractivity contribution in [1.29, 1.82) is 0 Å². The Morgan fingerprint density at radius 1 is 1.25 bits per heavy atom. The summed E-state index contributed by atoms with van der Waals surface area (Å²) in [6, 6.07) is 3.87. The van der Waals surface area contributed by atoms with Crippen LogP contribution in [0, 0.1) is 20.8 Å². The van der Waals surface area contributed by atoms with Crippen LogP contribution in [0.1, 0.15) is 30.2 Å². The van der Waals surface area contributed by atoms with E-state index in [9.17, 15) is 9.59 Å². The molecule has 2 aromatic rings. The number of hydrogen-bond acceptors (Lipinski definition) is 4. The molecular weight excluding hydrogens is 306 g/mol. The number of carbonyl (C=O) groups is 1. The van der Waals surface area contributed by atoms with Crippen molar-refractivity contribution in [2.75, 3.05) is 19.8 Å². The zero-order valence-electron chi connectivity index (χ0n) is 14.8. The number of ether oxygens (including phenoxy) is 1. The normalized spacial score (nSPS) is 11.0. The number of amides is 1. The molecule has 0 saturated carbocycles. The van der Waals surface area contributed by atoms with Crippen LogP contribution in [0.3, 0.4) is 0 Å². The largest absolute Gasteiger partial charge is 0.382 e. The van der Waals surface area contributed by atoms with Gasteiger partial charge in [0.25, 0.3) is 5.56 Å². The van der Waals surface area contributed by atoms with E-state index >= 15 is 0 Å². The van der Waals surface area contributed by atoms with Gasteiger partial charge in [-0.2, -0.15) is 0 Å². The summed E-state index contributed by atoms with van der Waals surface area (Å²) in [6.45, 7) is 9.42. The predicted octanol–water partition coefficient (Wildman–Crippen LogP) is 1.86. The van der Waals surface area contributed by atoms with Crippen molar-refractivity contribution >= 4 is 16.9 Å². The van der Waals surface area contributed by atoms with Crippen molar-refractivity contribution in [1.82, 2.24) is 14.9 Å². The lowest BCUT2D eigenvalue weighted by molar-refractivity contribution is -0.121. The van der Waals surface area contributed by atoms with Crippen molar-refractivity contribution in [3.63, 3.8) is 0 Å². The first-order valence-electron chi connectivity index (χ1n) is 8.27. The van der Waals surface area contributed by atoms with Gasteiger partial charge in [-0.3, -0.25) is 14.2 Å². The molecule has 0 bridgehead atoms. The highest BCUT2D eigenvalue weighted by Gasteiger charge is 2.12. The van der Waals surface area contributed by atoms with Gasteiger partial charge >= 0.3 is 0 Å². The fourth-order valence-electron chi connectivity index (χ4n) is 2.53. The molecule has 24 heavy (non-hydrogen) atoms. The average molecular weight is 331 g/mol. The van der Waals surface area contributed by atoms with Gasteiger partial charge in [0.05, 0.1) is 11.0 Å². The zero-order chi connectivity index (χ0) is 17.7. The number of nitrogens with one attached hydrogen (secondary N) is 1. The lowest BCUT2D eigenvalue weighted by Crippen LogP contribution is -2.34. The Kier molecular flexibility index (Phi) is 6.09. The van der Waals surface area contributed by atoms with Gasteiger partial charge in [0.2, 0.25) is 5.91 Å². The molecule has 0 atom stereocenters. The summed E-state index contributed by atoms with van der Waals surface area (Å²) in [5.41, 5.74) is 3.78. The van der Waals surface area contributed by atoms with E-state index in [1.165, 1.54) is 4.57 Å². The van der Waals surface area contributed by atoms with E-state index in [4.69, 9.17) is 4.74 Å². The second-order valence-corrected chi connectivity index (χ2v) is 5.91. The van der Waals surface area contributed by atoms with Crippen molar-refractivity contribution in [3.05, 3.63) is 39.3 Å². The topological polar surface area (TPSA) is 73.2 Å². The lowest BCUT2D eigenvalue weighted by atomic mass is 10.1. The Morgan fingerprint density at radius 2 is 1.96 bits per heavy atom. The Morgan fingerprint density at radius 3 is 2.67 bits per heavy atom. The first-order valence-corrected chi connectivity index (χ1v) is 8.27. The van der Waals surface area contributed by atoms with E-state index in [0.717, 1.165) is 23.1 Å². The Balaban J connectivity index is 2.21. The number of carbonyl (C=O) groups excluding carboxylic acids is 1. The molecule has 0 unspecified atom stereocenters. The second kappa shape index (κ2) is 8.06. The molecule has 0 spiro atoms. The predicted molar refractivity (Wildman–Crippen MR) is 94.3 cm³/mol. The van der Waals surface area contributed by atoms with E-state index in [1.807, 2.05) is 32.9 Å². The summed E-state index contributed by atoms with van der Waals surface area (Å²) >= 11 is 0. The molecule has 1 heterocycles. The van der Waals surface area contributed by atoms with Gasteiger partial charge in [0.1, 0.15) is 12.2 Å². The van der Waals surface area contributed by atoms with E-state index in [0.29, 0.717) is 31.0 Å². The number of benzene rings is 1. The molecule has 6 heteroatoms. The standard InChI is InChI=1S/C18H25N3O3/c1-5-24-8-6-7-19-17(22)11-21-16-10-13(3)12(2)9-15(16)20-14(4)18(21)23/h9-10H,5-8,11H2,1-4H3,(H,19,22). The molecule has 1 aromatic heterocycles. The maximum absolute atomic E-state index is 12.4. The van der Waals surface area contributed by atoms with Gasteiger partial charge in [-0.1, -0.05) is 0 Å². The molecule has 0 fully saturated rings. The zero-order valence-corrected chi connectivity index (χ0v) is 14.8. The summed E-state index contributed by atoms with van der Waals surface area (Å²) < 4.78 is 6.74. The number of nitrogens with zero attached hydrogens (tertiary/aromatic N) is 2. The van der Waals surface area contributed by atoms with Crippen molar-refractivity contribution in [2.45, 2.75) is 40.7 Å². The second-order valence-electron chi connectivity index (χ2n) is 5.91. The van der Waals surface area contributed by atoms with Gasteiger partial charge in [-0.15, -0.1) is 0 Å². The summed E-state index contributed by atoms with van der Waals surface area (Å²) in [6.07, 6.45) is 0.753. The molecule has 1 aromatic carbocycles. The van der Waals surface area contributed by atoms with Crippen LogP contribution in [0.15, 0.2) is 16.9 Å². The lowest BCUT2D eigenvalue weighted by Gasteiger charge is -2.13. The minimum absolute atomic E-state index is 0.00414. The Bertz CT molecular complexity index is 796. The van der Waals surface area contributed by atoms with Crippen molar-refractivity contribution in [2.24, 2.45) is 0 Å². The molecule has 0 aliphatic heterocycles. The summed E-state index contributed by atoms with van der Waals surface area (Å²) in [7, 11) is 0. The van der Waals surface area contributed by atoms with Gasteiger partial charge < -0.3 is 10.1 Å². The SMILES string of the molecule is CCOCCCNC(=O)Cn1c(=O)c(C)nc2cc(C)c(C)cc21. The Labute approximate surface area is 141 Å². The van der Waals surface area contributed by atoms with Crippen LogP contribution in [-0.2, 0) is 16.1 Å². The van der Waals surface area contributed by atoms with E-state index in [2.05, 4.69) is 10.3 Å². The smallest absolute Gasteiger partial charge is 0.272 e. The van der Waals surface area contributed by atoms with E-state index in [-0.39, 0.29) is 18.0 Å². The van der Waals surface area contributed by atoms with Crippen LogP contribution in [0.5, 0.6) is 0 Å². The van der Waals surface area contributed by atoms with Gasteiger partial charge in [-0.05, 0) is 57.4 Å². The Hall–Kier alpha value is -2.21. The fourth-order valence-corrected chi connectivity index (χ4v) is 2.53. The van der Waals surface area contributed by atoms with Crippen LogP contribution in [0.4, 0.5) is 0 Å². The number of aryl methyl sites for hydroxylation is 3. The molecule has 0 saturated heterocycles. The number of hydrogen-bond donors (Lipinski definition) is 1. The highest BCUT2D eigenvalue weighted by molar-refractivity contribution is 5.81. The van der Waals surface area contributed by atoms with Crippen LogP contribution in [0.25, 0.3) is 11.0 Å². The summed E-state index contributed by atoms with van der Waals surface area (Å²) in [4.78, 5) is 29.0. The van der Waals surface area contributed by atoms with E-state index in [1.54, 1.807) is 6.92 Å². The molecule has 0 aliphatic rings. The molecule has 0 radical (unpaired) electrons. The molecule has 2 rings (SSSR count). The van der Waals surface area contributed by atoms with Gasteiger partial charge in [-0.25, -0.2) is 4.98 Å². The van der Waals surface area contributed by atoms with Crippen LogP contribution >= 0.6 is 0 Å². The molecule has 1 amide bonds. The first-order chi connectivity index (χ1) is 11.4. The molecule has 0 aliphatic carbocycles. The fraction of sp³-hybridized carbons (Fsp3) is 0.500. The van der Waals surface area contributed by atoms with Crippen molar-refractivity contribution < 1.29 is 9.53 Å². The average Bonchev–Trinajstić information content (AvgIpc) is 2.54. The minimum Gasteiger partial charge on any atom is -0.382 e. The number of aromatic nitrogens is 2. The molecule has 130 valence electrons. The number of rotatable bonds is 7. The first kappa shape index (κ1) is 18.1. The number of fused-ring (bicyclic) bond motifs is 1. The van der Waals surface area contributed by atoms with Gasteiger partial charge in [0, 0.05) is 19.8 Å². The van der Waals surface area contributed by atoms with Gasteiger partial charge in [0.15, 0.2) is 0 Å². The third kappa shape index (κ3) is 4.20. The maximum Gasteiger partial charge on any atom is 0.272 e. The van der Waals surface area contributed by atoms with Crippen LogP contribution in [-0.4, -0.2) is 35.2 Å². The monoisotopic (exact) mass is 331 g/mol. The van der Waals surface area contributed by atoms with E-state index < -0.39 is 0 Å². The van der Waals surface area contributed by atoms with Crippen molar-refractivity contribution in [3.8, 4) is 0 Å². The van der Waals surface area contributed by atoms with Crippen LogP contribution < -0.4 is 10.9 Å². The minimum atomic E-state index is -0.227. The summed E-state index contributed by atoms with van der Waals surface area (Å²) in [5.74, 6) is -0.182. The quantitative estimate of drug-likeness (QED) is 0.786. The molecule has 1 N–H and O–H groups in total. The third-order valence-electron chi connectivity index (χ3n) is 4.02. The third-order valence-corrected chi connectivity index (χ3v) is 4.02. The highest BCUT2D eigenvalue weighted by atomic mass is 16.5.